The van der Waals surface area contributed by atoms with Gasteiger partial charge in [0.15, 0.2) is 0 Å². The zero-order valence-corrected chi connectivity index (χ0v) is 13.8. The first-order valence-corrected chi connectivity index (χ1v) is 7.34. The fraction of sp³-hybridized carbons (Fsp3) is 0.0625. The molecule has 0 aromatic heterocycles. The molecular weight excluding hydrogens is 384 g/mol. The van der Waals surface area contributed by atoms with Crippen LogP contribution in [0.2, 0.25) is 0 Å². The van der Waals surface area contributed by atoms with E-state index >= 15 is 0 Å². The first-order valence-electron chi connectivity index (χ1n) is 5.75. The lowest BCUT2D eigenvalue weighted by molar-refractivity contribution is 0.105. The molecule has 0 bridgehead atoms. The summed E-state index contributed by atoms with van der Waals surface area (Å²) in [5.74, 6) is 5.96. The molecule has 2 aromatic carbocycles. The van der Waals surface area contributed by atoms with E-state index in [4.69, 9.17) is 4.74 Å². The van der Waals surface area contributed by atoms with Gasteiger partial charge in [0.1, 0.15) is 5.75 Å². The van der Waals surface area contributed by atoms with Crippen LogP contribution in [0.5, 0.6) is 5.75 Å². The van der Waals surface area contributed by atoms with E-state index < -0.39 is 0 Å². The Bertz CT molecular complexity index is 695. The van der Waals surface area contributed by atoms with Crippen LogP contribution in [0.25, 0.3) is 0 Å². The summed E-state index contributed by atoms with van der Waals surface area (Å²) < 4.78 is 6.97. The second-order valence-corrected chi connectivity index (χ2v) is 5.71. The van der Waals surface area contributed by atoms with Gasteiger partial charge in [-0.15, -0.1) is 0 Å². The van der Waals surface area contributed by atoms with Gasteiger partial charge in [-0.25, -0.2) is 0 Å². The maximum Gasteiger partial charge on any atom is 0.236 e. The topological polar surface area (TPSA) is 26.3 Å². The smallest absolute Gasteiger partial charge is 0.236 e. The summed E-state index contributed by atoms with van der Waals surface area (Å²) in [4.78, 5) is 11.9. The van der Waals surface area contributed by atoms with Gasteiger partial charge in [0.25, 0.3) is 0 Å². The number of ether oxygens (including phenoxy) is 1. The van der Waals surface area contributed by atoms with Crippen LogP contribution in [0.15, 0.2) is 51.4 Å². The summed E-state index contributed by atoms with van der Waals surface area (Å²) in [6.45, 7) is 0. The number of hydrogen-bond acceptors (Lipinski definition) is 2. The fourth-order valence-electron chi connectivity index (χ4n) is 1.54. The van der Waals surface area contributed by atoms with E-state index in [1.165, 1.54) is 0 Å². The highest BCUT2D eigenvalue weighted by Crippen LogP contribution is 2.25. The van der Waals surface area contributed by atoms with Crippen LogP contribution in [0, 0.1) is 11.8 Å². The standard InChI is InChI=1S/C16H10Br2O2/c1-20-16-10-11(2-8-14(16)18)3-9-15(19)12-4-6-13(17)7-5-12/h2,4-8,10H,1H3. The summed E-state index contributed by atoms with van der Waals surface area (Å²) in [5.41, 5.74) is 1.31. The van der Waals surface area contributed by atoms with Crippen LogP contribution in [-0.2, 0) is 0 Å². The van der Waals surface area contributed by atoms with E-state index in [9.17, 15) is 4.79 Å². The SMILES string of the molecule is COc1cc(C#CC(=O)c2ccc(Br)cc2)ccc1Br. The van der Waals surface area contributed by atoms with E-state index in [1.807, 2.05) is 24.3 Å². The van der Waals surface area contributed by atoms with Crippen LogP contribution >= 0.6 is 31.9 Å². The molecule has 0 aliphatic carbocycles. The molecule has 0 saturated heterocycles. The van der Waals surface area contributed by atoms with Crippen molar-refractivity contribution < 1.29 is 9.53 Å². The number of halogens is 2. The number of Topliss-reactive ketones (excluding diaryl/α,β-unsaturated/α-hetero) is 1. The number of benzene rings is 2. The predicted molar refractivity (Wildman–Crippen MR) is 86.0 cm³/mol. The lowest BCUT2D eigenvalue weighted by Crippen LogP contribution is -1.94. The van der Waals surface area contributed by atoms with E-state index in [2.05, 4.69) is 43.7 Å². The van der Waals surface area contributed by atoms with Gasteiger partial charge in [-0.3, -0.25) is 4.79 Å². The molecule has 20 heavy (non-hydrogen) atoms. The highest BCUT2D eigenvalue weighted by molar-refractivity contribution is 9.10. The Kier molecular flexibility index (Phi) is 4.99. The Hall–Kier alpha value is -1.57. The van der Waals surface area contributed by atoms with Gasteiger partial charge >= 0.3 is 0 Å². The van der Waals surface area contributed by atoms with Crippen LogP contribution < -0.4 is 4.74 Å². The van der Waals surface area contributed by atoms with Gasteiger partial charge in [-0.2, -0.15) is 0 Å². The molecule has 2 rings (SSSR count). The quantitative estimate of drug-likeness (QED) is 0.556. The van der Waals surface area contributed by atoms with E-state index in [0.29, 0.717) is 11.3 Å². The Labute approximate surface area is 134 Å². The third kappa shape index (κ3) is 3.72. The van der Waals surface area contributed by atoms with Crippen molar-refractivity contribution in [2.45, 2.75) is 0 Å². The number of carbonyl (C=O) groups excluding carboxylic acids is 1. The molecule has 0 N–H and O–H groups in total. The minimum Gasteiger partial charge on any atom is -0.496 e. The van der Waals surface area contributed by atoms with Crippen LogP contribution in [0.4, 0.5) is 0 Å². The number of methoxy groups -OCH3 is 1. The van der Waals surface area contributed by atoms with Crippen molar-refractivity contribution in [1.82, 2.24) is 0 Å². The van der Waals surface area contributed by atoms with E-state index in [0.717, 1.165) is 14.5 Å². The monoisotopic (exact) mass is 392 g/mol. The molecule has 2 aromatic rings. The first kappa shape index (κ1) is 14.8. The molecule has 0 atom stereocenters. The maximum absolute atomic E-state index is 11.9. The molecule has 0 amide bonds. The second kappa shape index (κ2) is 6.74. The largest absolute Gasteiger partial charge is 0.496 e. The molecule has 0 heterocycles. The fourth-order valence-corrected chi connectivity index (χ4v) is 2.21. The van der Waals surface area contributed by atoms with Gasteiger partial charge in [-0.1, -0.05) is 21.9 Å². The van der Waals surface area contributed by atoms with Crippen molar-refractivity contribution in [2.75, 3.05) is 7.11 Å². The van der Waals surface area contributed by atoms with Crippen LogP contribution in [0.3, 0.4) is 0 Å². The second-order valence-electron chi connectivity index (χ2n) is 3.94. The zero-order chi connectivity index (χ0) is 14.5. The molecule has 100 valence electrons. The van der Waals surface area contributed by atoms with Crippen molar-refractivity contribution in [3.8, 4) is 17.6 Å². The van der Waals surface area contributed by atoms with Crippen molar-refractivity contribution in [2.24, 2.45) is 0 Å². The summed E-state index contributed by atoms with van der Waals surface area (Å²) >= 11 is 6.70. The van der Waals surface area contributed by atoms with E-state index in [1.54, 1.807) is 25.3 Å². The molecule has 2 nitrogen and oxygen atoms in total. The van der Waals surface area contributed by atoms with Crippen molar-refractivity contribution in [1.29, 1.82) is 0 Å². The molecule has 0 fully saturated rings. The number of ketones is 1. The lowest BCUT2D eigenvalue weighted by atomic mass is 10.1. The molecular formula is C16H10Br2O2. The Morgan fingerprint density at radius 2 is 1.80 bits per heavy atom. The predicted octanol–water partition coefficient (Wildman–Crippen LogP) is 4.45. The van der Waals surface area contributed by atoms with E-state index in [-0.39, 0.29) is 5.78 Å². The summed E-state index contributed by atoms with van der Waals surface area (Å²) in [6, 6.07) is 12.6. The molecule has 0 spiro atoms. The van der Waals surface area contributed by atoms with Crippen molar-refractivity contribution in [3.63, 3.8) is 0 Å². The summed E-state index contributed by atoms with van der Waals surface area (Å²) in [5, 5.41) is 0. The third-order valence-electron chi connectivity index (χ3n) is 2.58. The van der Waals surface area contributed by atoms with Gasteiger partial charge in [-0.05, 0) is 64.3 Å². The number of rotatable bonds is 2. The third-order valence-corrected chi connectivity index (χ3v) is 3.76. The molecule has 0 radical (unpaired) electrons. The highest BCUT2D eigenvalue weighted by Gasteiger charge is 2.02. The summed E-state index contributed by atoms with van der Waals surface area (Å²) in [6.07, 6.45) is 0. The lowest BCUT2D eigenvalue weighted by Gasteiger charge is -2.02. The van der Waals surface area contributed by atoms with Gasteiger partial charge in [0.2, 0.25) is 5.78 Å². The van der Waals surface area contributed by atoms with Gasteiger partial charge < -0.3 is 4.74 Å². The van der Waals surface area contributed by atoms with Crippen LogP contribution in [-0.4, -0.2) is 12.9 Å². The zero-order valence-electron chi connectivity index (χ0n) is 10.6. The molecule has 0 unspecified atom stereocenters. The molecule has 4 heteroatoms. The summed E-state index contributed by atoms with van der Waals surface area (Å²) in [7, 11) is 1.59. The minimum absolute atomic E-state index is 0.209. The Balaban J connectivity index is 2.22. The first-order chi connectivity index (χ1) is 9.60. The highest BCUT2D eigenvalue weighted by atomic mass is 79.9. The number of carbonyl (C=O) groups is 1. The Morgan fingerprint density at radius 3 is 2.45 bits per heavy atom. The van der Waals surface area contributed by atoms with Crippen molar-refractivity contribution in [3.05, 3.63) is 62.5 Å². The maximum atomic E-state index is 11.9. The van der Waals surface area contributed by atoms with Crippen molar-refractivity contribution >= 4 is 37.6 Å². The van der Waals surface area contributed by atoms with Gasteiger partial charge in [0.05, 0.1) is 11.6 Å². The molecule has 0 aliphatic heterocycles. The van der Waals surface area contributed by atoms with Gasteiger partial charge in [0, 0.05) is 15.6 Å². The minimum atomic E-state index is -0.209. The normalized spacial score (nSPS) is 9.55. The average molecular weight is 394 g/mol. The number of hydrogen-bond donors (Lipinski definition) is 0. The Morgan fingerprint density at radius 1 is 1.10 bits per heavy atom. The molecule has 0 aliphatic rings. The molecule has 0 saturated carbocycles. The average Bonchev–Trinajstić information content (AvgIpc) is 2.46. The van der Waals surface area contributed by atoms with Crippen LogP contribution in [0.1, 0.15) is 15.9 Å².